The molecule has 0 saturated carbocycles. The Morgan fingerprint density at radius 3 is 2.44 bits per heavy atom. The molecule has 0 saturated heterocycles. The molecule has 220 valence electrons. The van der Waals surface area contributed by atoms with Gasteiger partial charge in [-0.25, -0.2) is 0 Å². The number of carbonyl (C=O) groups excluding carboxylic acids is 1. The van der Waals surface area contributed by atoms with E-state index < -0.39 is 17.6 Å². The van der Waals surface area contributed by atoms with Crippen molar-refractivity contribution in [2.45, 2.75) is 64.5 Å². The van der Waals surface area contributed by atoms with Gasteiger partial charge in [0.2, 0.25) is 5.91 Å². The molecule has 2 aromatic carbocycles. The Hall–Kier alpha value is -2.03. The lowest BCUT2D eigenvalue weighted by Gasteiger charge is -2.29. The summed E-state index contributed by atoms with van der Waals surface area (Å²) in [6, 6.07) is 12.7. The third-order valence-electron chi connectivity index (χ3n) is 7.07. The first-order chi connectivity index (χ1) is 18.0. The van der Waals surface area contributed by atoms with E-state index in [4.69, 9.17) is 31.5 Å². The third kappa shape index (κ3) is 10.8. The molecule has 9 heteroatoms. The quantitative estimate of drug-likeness (QED) is 0.235. The van der Waals surface area contributed by atoms with Crippen LogP contribution in [0.15, 0.2) is 42.5 Å². The van der Waals surface area contributed by atoms with Crippen LogP contribution in [0.2, 0.25) is 5.02 Å². The van der Waals surface area contributed by atoms with Crippen LogP contribution in [0, 0.1) is 11.8 Å². The number of hydrogen-bond donors (Lipinski definition) is 3. The number of benzene rings is 2. The van der Waals surface area contributed by atoms with Crippen molar-refractivity contribution in [1.82, 2.24) is 5.32 Å². The zero-order chi connectivity index (χ0) is 28.3. The molecular formula is C30H46Cl2N2O5. The minimum absolute atomic E-state index is 0. The molecule has 3 atom stereocenters. The second kappa shape index (κ2) is 16.9. The van der Waals surface area contributed by atoms with Crippen molar-refractivity contribution in [3.8, 4) is 11.5 Å². The molecule has 0 radical (unpaired) electrons. The monoisotopic (exact) mass is 584 g/mol. The van der Waals surface area contributed by atoms with Crippen molar-refractivity contribution < 1.29 is 24.1 Å². The Bertz CT molecular complexity index is 1020. The lowest BCUT2D eigenvalue weighted by Crippen LogP contribution is -2.48. The molecule has 0 spiro atoms. The van der Waals surface area contributed by atoms with Crippen molar-refractivity contribution in [2.24, 2.45) is 17.6 Å². The highest BCUT2D eigenvalue weighted by molar-refractivity contribution is 6.30. The van der Waals surface area contributed by atoms with E-state index in [0.29, 0.717) is 42.1 Å². The van der Waals surface area contributed by atoms with Crippen molar-refractivity contribution in [3.63, 3.8) is 0 Å². The number of halogens is 2. The van der Waals surface area contributed by atoms with Crippen LogP contribution < -0.4 is 20.5 Å². The first-order valence-corrected chi connectivity index (χ1v) is 13.6. The molecule has 39 heavy (non-hydrogen) atoms. The van der Waals surface area contributed by atoms with Gasteiger partial charge >= 0.3 is 0 Å². The number of amides is 1. The zero-order valence-corrected chi connectivity index (χ0v) is 25.6. The van der Waals surface area contributed by atoms with Crippen molar-refractivity contribution in [3.05, 3.63) is 58.6 Å². The Morgan fingerprint density at radius 1 is 1.10 bits per heavy atom. The van der Waals surface area contributed by atoms with Crippen molar-refractivity contribution in [2.75, 3.05) is 34.0 Å². The van der Waals surface area contributed by atoms with Gasteiger partial charge in [0.05, 0.1) is 25.2 Å². The fraction of sp³-hybridized carbons (Fsp3) is 0.567. The highest BCUT2D eigenvalue weighted by atomic mass is 35.5. The van der Waals surface area contributed by atoms with Gasteiger partial charge in [0.1, 0.15) is 0 Å². The molecular weight excluding hydrogens is 539 g/mol. The number of methoxy groups -OCH3 is 2. The van der Waals surface area contributed by atoms with Gasteiger partial charge in [0.15, 0.2) is 11.5 Å². The van der Waals surface area contributed by atoms with Gasteiger partial charge in [-0.2, -0.15) is 0 Å². The van der Waals surface area contributed by atoms with Gasteiger partial charge in [0, 0.05) is 37.7 Å². The maximum absolute atomic E-state index is 12.9. The van der Waals surface area contributed by atoms with Crippen molar-refractivity contribution >= 4 is 29.9 Å². The van der Waals surface area contributed by atoms with Crippen LogP contribution in [-0.2, 0) is 21.4 Å². The molecule has 4 N–H and O–H groups in total. The number of nitrogens with one attached hydrogen (secondary N) is 1. The van der Waals surface area contributed by atoms with Crippen LogP contribution >= 0.6 is 24.0 Å². The molecule has 2 aromatic rings. The summed E-state index contributed by atoms with van der Waals surface area (Å²) in [4.78, 5) is 12.9. The highest BCUT2D eigenvalue weighted by Gasteiger charge is 2.31. The van der Waals surface area contributed by atoms with Gasteiger partial charge in [0.25, 0.3) is 0 Å². The normalized spacial score (nSPS) is 13.8. The van der Waals surface area contributed by atoms with E-state index in [1.165, 1.54) is 0 Å². The topological polar surface area (TPSA) is 103 Å². The fourth-order valence-corrected chi connectivity index (χ4v) is 4.52. The molecule has 3 unspecified atom stereocenters. The van der Waals surface area contributed by atoms with Gasteiger partial charge < -0.3 is 30.4 Å². The predicted molar refractivity (Wildman–Crippen MR) is 160 cm³/mol. The molecule has 0 bridgehead atoms. The summed E-state index contributed by atoms with van der Waals surface area (Å²) >= 11 is 6.11. The van der Waals surface area contributed by atoms with Crippen LogP contribution in [0.1, 0.15) is 51.7 Å². The highest BCUT2D eigenvalue weighted by Crippen LogP contribution is 2.31. The standard InChI is InChI=1S/C30H45ClN2O5.ClH/c1-20(2)22(15-21-11-12-27(37-6)28(16-21)38-14-8-13-36-5)17-25(32)26(34)19-33-29(35)30(3,4)23-9-7-10-24(31)18-23;/h7,9-12,16,18,20,22,25-26,34H,8,13-15,17,19,32H2,1-6H3,(H,33,35);1H. The van der Waals surface area contributed by atoms with Gasteiger partial charge in [-0.1, -0.05) is 43.6 Å². The van der Waals surface area contributed by atoms with Crippen molar-refractivity contribution in [1.29, 1.82) is 0 Å². The summed E-state index contributed by atoms with van der Waals surface area (Å²) < 4.78 is 16.5. The summed E-state index contributed by atoms with van der Waals surface area (Å²) in [5.74, 6) is 1.78. The Balaban J connectivity index is 0.00000760. The Kier molecular flexibility index (Phi) is 15.2. The fourth-order valence-electron chi connectivity index (χ4n) is 4.32. The number of carbonyl (C=O) groups is 1. The summed E-state index contributed by atoms with van der Waals surface area (Å²) in [6.07, 6.45) is 1.32. The van der Waals surface area contributed by atoms with E-state index in [2.05, 4.69) is 19.2 Å². The van der Waals surface area contributed by atoms with E-state index in [9.17, 15) is 9.90 Å². The summed E-state index contributed by atoms with van der Waals surface area (Å²) in [5, 5.41) is 14.2. The average molecular weight is 586 g/mol. The summed E-state index contributed by atoms with van der Waals surface area (Å²) in [5.41, 5.74) is 7.55. The smallest absolute Gasteiger partial charge is 0.230 e. The van der Waals surface area contributed by atoms with E-state index in [-0.39, 0.29) is 30.8 Å². The number of rotatable bonds is 16. The van der Waals surface area contributed by atoms with Crippen LogP contribution in [0.3, 0.4) is 0 Å². The number of ether oxygens (including phenoxy) is 3. The minimum Gasteiger partial charge on any atom is -0.493 e. The second-order valence-electron chi connectivity index (χ2n) is 10.7. The van der Waals surface area contributed by atoms with Crippen LogP contribution in [-0.4, -0.2) is 57.1 Å². The van der Waals surface area contributed by atoms with E-state index >= 15 is 0 Å². The van der Waals surface area contributed by atoms with E-state index in [1.54, 1.807) is 26.4 Å². The second-order valence-corrected chi connectivity index (χ2v) is 11.1. The molecule has 0 fully saturated rings. The maximum atomic E-state index is 12.9. The number of hydrogen-bond acceptors (Lipinski definition) is 6. The maximum Gasteiger partial charge on any atom is 0.230 e. The molecule has 0 aliphatic heterocycles. The lowest BCUT2D eigenvalue weighted by atomic mass is 9.82. The number of nitrogens with two attached hydrogens (primary N) is 1. The predicted octanol–water partition coefficient (Wildman–Crippen LogP) is 5.17. The SMILES string of the molecule is COCCCOc1cc(CC(CC(N)C(O)CNC(=O)C(C)(C)c2cccc(Cl)c2)C(C)C)ccc1OC.Cl. The Morgan fingerprint density at radius 2 is 1.82 bits per heavy atom. The van der Waals surface area contributed by atoms with E-state index in [1.807, 2.05) is 44.2 Å². The van der Waals surface area contributed by atoms with Gasteiger partial charge in [-0.3, -0.25) is 4.79 Å². The first kappa shape index (κ1) is 35.0. The minimum atomic E-state index is -0.870. The number of aliphatic hydroxyl groups excluding tert-OH is 1. The largest absolute Gasteiger partial charge is 0.493 e. The number of aliphatic hydroxyl groups is 1. The third-order valence-corrected chi connectivity index (χ3v) is 7.31. The van der Waals surface area contributed by atoms with Gasteiger partial charge in [-0.05, 0) is 73.9 Å². The first-order valence-electron chi connectivity index (χ1n) is 13.3. The van der Waals surface area contributed by atoms with Gasteiger partial charge in [-0.15, -0.1) is 12.4 Å². The molecule has 0 heterocycles. The molecule has 0 aromatic heterocycles. The van der Waals surface area contributed by atoms with Crippen LogP contribution in [0.25, 0.3) is 0 Å². The molecule has 1 amide bonds. The average Bonchev–Trinajstić information content (AvgIpc) is 2.89. The Labute approximate surface area is 245 Å². The zero-order valence-electron chi connectivity index (χ0n) is 24.0. The molecule has 7 nitrogen and oxygen atoms in total. The lowest BCUT2D eigenvalue weighted by molar-refractivity contribution is -0.126. The summed E-state index contributed by atoms with van der Waals surface area (Å²) in [7, 11) is 3.30. The molecule has 0 aliphatic rings. The molecule has 0 aliphatic carbocycles. The van der Waals surface area contributed by atoms with Crippen LogP contribution in [0.4, 0.5) is 0 Å². The van der Waals surface area contributed by atoms with Crippen LogP contribution in [0.5, 0.6) is 11.5 Å². The molecule has 2 rings (SSSR count). The van der Waals surface area contributed by atoms with E-state index in [0.717, 1.165) is 24.0 Å². The summed E-state index contributed by atoms with van der Waals surface area (Å²) in [6.45, 7) is 9.24.